The Labute approximate surface area is 276 Å². The van der Waals surface area contributed by atoms with Crippen molar-refractivity contribution < 1.29 is 9.53 Å². The Hall–Kier alpha value is -4.21. The Morgan fingerprint density at radius 2 is 1.82 bits per heavy atom. The van der Waals surface area contributed by atoms with E-state index in [1.54, 1.807) is 17.6 Å². The van der Waals surface area contributed by atoms with E-state index in [-0.39, 0.29) is 12.2 Å². The van der Waals surface area contributed by atoms with Crippen molar-refractivity contribution in [2.45, 2.75) is 19.5 Å². The Morgan fingerprint density at radius 1 is 1.02 bits per heavy atom. The molecular formula is C35H25Cl2N3O3S2. The molecule has 0 bridgehead atoms. The topological polar surface area (TPSA) is 65.6 Å². The van der Waals surface area contributed by atoms with Gasteiger partial charge < -0.3 is 9.30 Å². The minimum atomic E-state index is -0.675. The Morgan fingerprint density at radius 3 is 2.58 bits per heavy atom. The van der Waals surface area contributed by atoms with Crippen molar-refractivity contribution in [3.05, 3.63) is 153 Å². The summed E-state index contributed by atoms with van der Waals surface area (Å²) in [6.45, 7) is 2.51. The van der Waals surface area contributed by atoms with Crippen LogP contribution in [0.2, 0.25) is 10.0 Å². The van der Waals surface area contributed by atoms with Crippen molar-refractivity contribution in [1.29, 1.82) is 0 Å². The fourth-order valence-electron chi connectivity index (χ4n) is 5.65. The molecule has 0 saturated carbocycles. The molecule has 224 valence electrons. The lowest BCUT2D eigenvalue weighted by Crippen LogP contribution is -2.39. The molecule has 4 heterocycles. The van der Waals surface area contributed by atoms with Gasteiger partial charge in [0.05, 0.1) is 22.4 Å². The minimum Gasteiger partial charge on any atom is -0.463 e. The maximum Gasteiger partial charge on any atom is 0.338 e. The zero-order chi connectivity index (χ0) is 31.1. The van der Waals surface area contributed by atoms with Crippen LogP contribution in [0.15, 0.2) is 112 Å². The summed E-state index contributed by atoms with van der Waals surface area (Å²) in [4.78, 5) is 34.2. The molecule has 0 spiro atoms. The highest BCUT2D eigenvalue weighted by Gasteiger charge is 2.35. The number of benzene rings is 3. The van der Waals surface area contributed by atoms with E-state index in [0.29, 0.717) is 37.2 Å². The predicted octanol–water partition coefficient (Wildman–Crippen LogP) is 7.31. The van der Waals surface area contributed by atoms with Gasteiger partial charge in [-0.2, -0.15) is 0 Å². The van der Waals surface area contributed by atoms with E-state index in [1.807, 2.05) is 96.5 Å². The molecule has 0 radical (unpaired) electrons. The van der Waals surface area contributed by atoms with Crippen LogP contribution in [0.3, 0.4) is 0 Å². The van der Waals surface area contributed by atoms with Gasteiger partial charge in [-0.1, -0.05) is 95.2 Å². The van der Waals surface area contributed by atoms with E-state index in [4.69, 9.17) is 32.9 Å². The maximum atomic E-state index is 14.3. The number of fused-ring (bicyclic) bond motifs is 2. The number of para-hydroxylation sites is 1. The second-order valence-corrected chi connectivity index (χ2v) is 13.2. The van der Waals surface area contributed by atoms with Gasteiger partial charge in [0.25, 0.3) is 5.56 Å². The summed E-state index contributed by atoms with van der Waals surface area (Å²) in [7, 11) is 0. The Bertz CT molecular complexity index is 2280. The second kappa shape index (κ2) is 12.3. The van der Waals surface area contributed by atoms with E-state index in [0.717, 1.165) is 32.5 Å². The van der Waals surface area contributed by atoms with Crippen molar-refractivity contribution in [1.82, 2.24) is 9.13 Å². The van der Waals surface area contributed by atoms with E-state index in [9.17, 15) is 9.59 Å². The second-order valence-electron chi connectivity index (χ2n) is 10.4. The van der Waals surface area contributed by atoms with Crippen LogP contribution in [0.25, 0.3) is 22.7 Å². The van der Waals surface area contributed by atoms with Crippen LogP contribution in [-0.2, 0) is 16.1 Å². The van der Waals surface area contributed by atoms with Crippen molar-refractivity contribution in [3.63, 3.8) is 0 Å². The highest BCUT2D eigenvalue weighted by Crippen LogP contribution is 2.37. The molecule has 7 rings (SSSR count). The van der Waals surface area contributed by atoms with Crippen molar-refractivity contribution in [2.24, 2.45) is 4.99 Å². The van der Waals surface area contributed by atoms with Crippen LogP contribution >= 0.6 is 45.9 Å². The minimum absolute atomic E-state index is 0.206. The first-order valence-electron chi connectivity index (χ1n) is 14.3. The van der Waals surface area contributed by atoms with Crippen LogP contribution in [0.4, 0.5) is 0 Å². The lowest BCUT2D eigenvalue weighted by Gasteiger charge is -2.24. The van der Waals surface area contributed by atoms with Crippen LogP contribution in [-0.4, -0.2) is 21.7 Å². The van der Waals surface area contributed by atoms with Crippen molar-refractivity contribution in [3.8, 4) is 0 Å². The van der Waals surface area contributed by atoms with Gasteiger partial charge in [-0.15, -0.1) is 11.3 Å². The molecule has 3 aromatic heterocycles. The van der Waals surface area contributed by atoms with Crippen LogP contribution < -0.4 is 14.9 Å². The molecule has 10 heteroatoms. The molecule has 0 aliphatic carbocycles. The average Bonchev–Trinajstić information content (AvgIpc) is 3.77. The molecule has 0 N–H and O–H groups in total. The molecule has 1 atom stereocenters. The summed E-state index contributed by atoms with van der Waals surface area (Å²) in [6, 6.07) is 26.3. The van der Waals surface area contributed by atoms with Gasteiger partial charge >= 0.3 is 5.97 Å². The molecule has 6 aromatic rings. The van der Waals surface area contributed by atoms with Gasteiger partial charge in [0.15, 0.2) is 4.80 Å². The number of carbonyl (C=O) groups excluding carboxylic acids is 1. The number of aromatic nitrogens is 2. The van der Waals surface area contributed by atoms with Crippen molar-refractivity contribution in [2.75, 3.05) is 6.61 Å². The highest BCUT2D eigenvalue weighted by atomic mass is 35.5. The molecule has 0 fully saturated rings. The standard InChI is InChI=1S/C35H25Cl2N3O3S2/c1-2-43-34(42)30-31(21-9-4-3-5-10-21)38-35-40(32(30)28-13-8-16-44-28)33(41)29(45-35)17-23-20-39(27-12-7-6-11-25(23)27)19-22-14-15-24(36)18-26(22)37/h3-18,20,32H,2,19H2,1H3/b29-17-. The predicted molar refractivity (Wildman–Crippen MR) is 183 cm³/mol. The SMILES string of the molecule is CCOC(=O)C1=C(c2ccccc2)N=c2s/c(=C\c3cn(Cc4ccc(Cl)cc4Cl)c4ccccc34)c(=O)n2C1c1cccs1. The Kier molecular flexibility index (Phi) is 8.06. The molecule has 1 aliphatic rings. The summed E-state index contributed by atoms with van der Waals surface area (Å²) in [6.07, 6.45) is 3.94. The fourth-order valence-corrected chi connectivity index (χ4v) is 7.94. The summed E-state index contributed by atoms with van der Waals surface area (Å²) in [5.41, 5.74) is 4.25. The summed E-state index contributed by atoms with van der Waals surface area (Å²) in [5.74, 6) is -0.489. The van der Waals surface area contributed by atoms with E-state index < -0.39 is 12.0 Å². The molecule has 1 aliphatic heterocycles. The third-order valence-electron chi connectivity index (χ3n) is 7.65. The van der Waals surface area contributed by atoms with Gasteiger partial charge in [0, 0.05) is 49.7 Å². The van der Waals surface area contributed by atoms with Gasteiger partial charge in [-0.05, 0) is 48.2 Å². The number of hydrogen-bond acceptors (Lipinski definition) is 6. The van der Waals surface area contributed by atoms with Gasteiger partial charge in [-0.25, -0.2) is 9.79 Å². The first-order chi connectivity index (χ1) is 21.9. The summed E-state index contributed by atoms with van der Waals surface area (Å²) in [5, 5.41) is 4.12. The number of nitrogens with zero attached hydrogens (tertiary/aromatic N) is 3. The Balaban J connectivity index is 1.43. The zero-order valence-electron chi connectivity index (χ0n) is 23.9. The molecule has 1 unspecified atom stereocenters. The third kappa shape index (κ3) is 5.48. The van der Waals surface area contributed by atoms with Crippen LogP contribution in [0.1, 0.15) is 34.5 Å². The number of esters is 1. The van der Waals surface area contributed by atoms with Gasteiger partial charge in [0.1, 0.15) is 6.04 Å². The molecular weight excluding hydrogens is 645 g/mol. The number of thiophene rings is 1. The monoisotopic (exact) mass is 669 g/mol. The number of halogens is 2. The average molecular weight is 671 g/mol. The van der Waals surface area contributed by atoms with Crippen molar-refractivity contribution >= 4 is 74.5 Å². The smallest absolute Gasteiger partial charge is 0.338 e. The molecule has 3 aromatic carbocycles. The quantitative estimate of drug-likeness (QED) is 0.168. The third-order valence-corrected chi connectivity index (χ3v) is 10.1. The fraction of sp³-hybridized carbons (Fsp3) is 0.114. The number of rotatable bonds is 7. The highest BCUT2D eigenvalue weighted by molar-refractivity contribution is 7.10. The lowest BCUT2D eigenvalue weighted by atomic mass is 9.97. The number of ether oxygens (including phenoxy) is 1. The normalized spacial score (nSPS) is 14.9. The van der Waals surface area contributed by atoms with Gasteiger partial charge in [-0.3, -0.25) is 9.36 Å². The maximum absolute atomic E-state index is 14.3. The lowest BCUT2D eigenvalue weighted by molar-refractivity contribution is -0.138. The number of carbonyl (C=O) groups is 1. The first-order valence-corrected chi connectivity index (χ1v) is 16.7. The van der Waals surface area contributed by atoms with E-state index in [2.05, 4.69) is 4.57 Å². The summed E-state index contributed by atoms with van der Waals surface area (Å²) >= 11 is 15.4. The van der Waals surface area contributed by atoms with E-state index in [1.165, 1.54) is 22.7 Å². The number of hydrogen-bond donors (Lipinski definition) is 0. The summed E-state index contributed by atoms with van der Waals surface area (Å²) < 4.78 is 9.81. The van der Waals surface area contributed by atoms with E-state index >= 15 is 0 Å². The van der Waals surface area contributed by atoms with Gasteiger partial charge in [0.2, 0.25) is 0 Å². The number of thiazole rings is 1. The van der Waals surface area contributed by atoms with Crippen LogP contribution in [0, 0.1) is 0 Å². The first kappa shape index (κ1) is 29.5. The molecule has 6 nitrogen and oxygen atoms in total. The molecule has 0 amide bonds. The van der Waals surface area contributed by atoms with Crippen LogP contribution in [0.5, 0.6) is 0 Å². The largest absolute Gasteiger partial charge is 0.463 e. The molecule has 0 saturated heterocycles. The zero-order valence-corrected chi connectivity index (χ0v) is 27.1. The molecule has 45 heavy (non-hydrogen) atoms.